The molecule has 21 heavy (non-hydrogen) atoms. The van der Waals surface area contributed by atoms with Gasteiger partial charge in [-0.25, -0.2) is 0 Å². The molecule has 0 fully saturated rings. The van der Waals surface area contributed by atoms with E-state index in [0.29, 0.717) is 11.3 Å². The van der Waals surface area contributed by atoms with Gasteiger partial charge in [0.15, 0.2) is 0 Å². The summed E-state index contributed by atoms with van der Waals surface area (Å²) in [5, 5.41) is 6.59. The summed E-state index contributed by atoms with van der Waals surface area (Å²) in [6.07, 6.45) is 3.49. The van der Waals surface area contributed by atoms with E-state index in [2.05, 4.69) is 63.9 Å². The molecule has 1 aromatic heterocycles. The molecule has 0 saturated heterocycles. The number of benzene rings is 1. The van der Waals surface area contributed by atoms with Crippen molar-refractivity contribution in [1.82, 2.24) is 5.32 Å². The van der Waals surface area contributed by atoms with Crippen molar-refractivity contribution in [3.8, 4) is 0 Å². The fourth-order valence-electron chi connectivity index (χ4n) is 2.77. The topological polar surface area (TPSA) is 12.0 Å². The van der Waals surface area contributed by atoms with E-state index in [1.165, 1.54) is 32.7 Å². The van der Waals surface area contributed by atoms with E-state index >= 15 is 0 Å². The highest BCUT2D eigenvalue weighted by molar-refractivity contribution is 9.10. The van der Waals surface area contributed by atoms with Crippen LogP contribution in [0.2, 0.25) is 0 Å². The van der Waals surface area contributed by atoms with Gasteiger partial charge in [-0.2, -0.15) is 0 Å². The molecular formula is C17H20BrNS2. The van der Waals surface area contributed by atoms with Crippen molar-refractivity contribution in [2.45, 2.75) is 42.4 Å². The SMILES string of the molecule is CCCNC(Cc1sccc1Br)C1Cc2ccccc2S1. The zero-order chi connectivity index (χ0) is 14.7. The molecule has 1 N–H and O–H groups in total. The lowest BCUT2D eigenvalue weighted by molar-refractivity contribution is 0.493. The van der Waals surface area contributed by atoms with Gasteiger partial charge < -0.3 is 5.32 Å². The minimum Gasteiger partial charge on any atom is -0.313 e. The third-order valence-corrected chi connectivity index (χ3v) is 7.27. The van der Waals surface area contributed by atoms with Crippen LogP contribution < -0.4 is 5.32 Å². The second-order valence-corrected chi connectivity index (χ2v) is 8.56. The number of fused-ring (bicyclic) bond motifs is 1. The Bertz CT molecular complexity index is 571. The Labute approximate surface area is 143 Å². The molecule has 4 heteroatoms. The lowest BCUT2D eigenvalue weighted by Crippen LogP contribution is -2.40. The van der Waals surface area contributed by atoms with Crippen molar-refractivity contribution >= 4 is 39.0 Å². The second kappa shape index (κ2) is 7.32. The average molecular weight is 382 g/mol. The molecule has 0 bridgehead atoms. The summed E-state index contributed by atoms with van der Waals surface area (Å²) < 4.78 is 1.26. The van der Waals surface area contributed by atoms with Gasteiger partial charge in [0.2, 0.25) is 0 Å². The Morgan fingerprint density at radius 3 is 2.90 bits per heavy atom. The summed E-state index contributed by atoms with van der Waals surface area (Å²) in [6, 6.07) is 11.5. The first-order valence-electron chi connectivity index (χ1n) is 7.47. The van der Waals surface area contributed by atoms with E-state index in [0.717, 1.165) is 13.0 Å². The third-order valence-electron chi connectivity index (χ3n) is 3.87. The second-order valence-electron chi connectivity index (χ2n) is 5.42. The van der Waals surface area contributed by atoms with Gasteiger partial charge in [-0.05, 0) is 64.8 Å². The number of hydrogen-bond acceptors (Lipinski definition) is 3. The minimum atomic E-state index is 0.539. The maximum absolute atomic E-state index is 3.78. The molecule has 2 heterocycles. The Kier molecular flexibility index (Phi) is 5.43. The first-order valence-corrected chi connectivity index (χ1v) is 10.0. The normalized spacial score (nSPS) is 18.7. The summed E-state index contributed by atoms with van der Waals surface area (Å²) in [6.45, 7) is 3.34. The Morgan fingerprint density at radius 2 is 2.19 bits per heavy atom. The van der Waals surface area contributed by atoms with Crippen LogP contribution in [0.4, 0.5) is 0 Å². The first kappa shape index (κ1) is 15.6. The molecule has 0 amide bonds. The van der Waals surface area contributed by atoms with Crippen LogP contribution in [-0.2, 0) is 12.8 Å². The molecule has 0 saturated carbocycles. The summed E-state index contributed by atoms with van der Waals surface area (Å²) in [4.78, 5) is 2.93. The number of rotatable bonds is 6. The zero-order valence-electron chi connectivity index (χ0n) is 12.1. The van der Waals surface area contributed by atoms with Crippen molar-refractivity contribution < 1.29 is 0 Å². The van der Waals surface area contributed by atoms with E-state index < -0.39 is 0 Å². The predicted octanol–water partition coefficient (Wildman–Crippen LogP) is 5.14. The monoisotopic (exact) mass is 381 g/mol. The van der Waals surface area contributed by atoms with E-state index in [-0.39, 0.29) is 0 Å². The fraction of sp³-hybridized carbons (Fsp3) is 0.412. The molecule has 1 nitrogen and oxygen atoms in total. The Balaban J connectivity index is 1.73. The van der Waals surface area contributed by atoms with Gasteiger partial charge >= 0.3 is 0 Å². The quantitative estimate of drug-likeness (QED) is 0.743. The van der Waals surface area contributed by atoms with Crippen molar-refractivity contribution in [3.05, 3.63) is 50.6 Å². The highest BCUT2D eigenvalue weighted by Gasteiger charge is 2.29. The lowest BCUT2D eigenvalue weighted by atomic mass is 10.0. The van der Waals surface area contributed by atoms with Gasteiger partial charge in [-0.3, -0.25) is 0 Å². The van der Waals surface area contributed by atoms with E-state index in [4.69, 9.17) is 0 Å². The van der Waals surface area contributed by atoms with Crippen molar-refractivity contribution in [2.75, 3.05) is 6.54 Å². The molecule has 112 valence electrons. The number of hydrogen-bond donors (Lipinski definition) is 1. The molecule has 1 aromatic carbocycles. The van der Waals surface area contributed by atoms with Crippen LogP contribution in [0.5, 0.6) is 0 Å². The molecule has 2 aromatic rings. The van der Waals surface area contributed by atoms with Gasteiger partial charge in [0.25, 0.3) is 0 Å². The first-order chi connectivity index (χ1) is 10.3. The van der Waals surface area contributed by atoms with Crippen LogP contribution in [0.3, 0.4) is 0 Å². The van der Waals surface area contributed by atoms with Crippen LogP contribution in [-0.4, -0.2) is 17.8 Å². The average Bonchev–Trinajstić information content (AvgIpc) is 3.09. The highest BCUT2D eigenvalue weighted by atomic mass is 79.9. The number of thioether (sulfide) groups is 1. The molecule has 0 radical (unpaired) electrons. The molecule has 1 aliphatic heterocycles. The maximum Gasteiger partial charge on any atom is 0.0314 e. The van der Waals surface area contributed by atoms with Gasteiger partial charge in [-0.15, -0.1) is 23.1 Å². The van der Waals surface area contributed by atoms with Crippen molar-refractivity contribution in [3.63, 3.8) is 0 Å². The van der Waals surface area contributed by atoms with Crippen LogP contribution in [0.25, 0.3) is 0 Å². The maximum atomic E-state index is 3.78. The van der Waals surface area contributed by atoms with Crippen molar-refractivity contribution in [2.24, 2.45) is 0 Å². The summed E-state index contributed by atoms with van der Waals surface area (Å²) in [5.74, 6) is 0. The molecule has 3 rings (SSSR count). The largest absolute Gasteiger partial charge is 0.313 e. The third kappa shape index (κ3) is 3.73. The molecule has 0 spiro atoms. The summed E-state index contributed by atoms with van der Waals surface area (Å²) in [5.41, 5.74) is 1.51. The lowest BCUT2D eigenvalue weighted by Gasteiger charge is -2.24. The number of halogens is 1. The molecule has 0 aliphatic carbocycles. The van der Waals surface area contributed by atoms with Crippen molar-refractivity contribution in [1.29, 1.82) is 0 Å². The van der Waals surface area contributed by atoms with Crippen LogP contribution in [0.15, 0.2) is 45.1 Å². The van der Waals surface area contributed by atoms with E-state index in [1.54, 1.807) is 0 Å². The number of thiophene rings is 1. The Morgan fingerprint density at radius 1 is 1.33 bits per heavy atom. The minimum absolute atomic E-state index is 0.539. The Hall–Kier alpha value is -0.290. The van der Waals surface area contributed by atoms with Crippen LogP contribution in [0, 0.1) is 0 Å². The standard InChI is InChI=1S/C17H20BrNS2/c1-2-8-19-14(11-16-13(18)7-9-20-16)17-10-12-5-3-4-6-15(12)21-17/h3-7,9,14,17,19H,2,8,10-11H2,1H3. The smallest absolute Gasteiger partial charge is 0.0314 e. The molecule has 2 unspecified atom stereocenters. The van der Waals surface area contributed by atoms with Gasteiger partial charge in [-0.1, -0.05) is 25.1 Å². The van der Waals surface area contributed by atoms with Gasteiger partial charge in [0.1, 0.15) is 0 Å². The fourth-order valence-corrected chi connectivity index (χ4v) is 5.75. The van der Waals surface area contributed by atoms with E-state index in [1.807, 2.05) is 23.1 Å². The van der Waals surface area contributed by atoms with Gasteiger partial charge in [0.05, 0.1) is 0 Å². The zero-order valence-corrected chi connectivity index (χ0v) is 15.4. The van der Waals surface area contributed by atoms with Gasteiger partial charge in [0, 0.05) is 25.5 Å². The van der Waals surface area contributed by atoms with E-state index in [9.17, 15) is 0 Å². The summed E-state index contributed by atoms with van der Waals surface area (Å²) in [7, 11) is 0. The van der Waals surface area contributed by atoms with Crippen LogP contribution >= 0.6 is 39.0 Å². The highest BCUT2D eigenvalue weighted by Crippen LogP contribution is 2.39. The summed E-state index contributed by atoms with van der Waals surface area (Å²) >= 11 is 7.58. The molecular weight excluding hydrogens is 362 g/mol. The number of nitrogens with one attached hydrogen (secondary N) is 1. The van der Waals surface area contributed by atoms with Crippen LogP contribution in [0.1, 0.15) is 23.8 Å². The molecule has 2 atom stereocenters. The molecule has 1 aliphatic rings. The predicted molar refractivity (Wildman–Crippen MR) is 97.6 cm³/mol.